The Morgan fingerprint density at radius 3 is 1.13 bits per heavy atom. The summed E-state index contributed by atoms with van der Waals surface area (Å²) in [5.74, 6) is 0. The van der Waals surface area contributed by atoms with Crippen molar-refractivity contribution in [3.63, 3.8) is 0 Å². The van der Waals surface area contributed by atoms with Gasteiger partial charge in [0, 0.05) is 44.3 Å². The number of aryl methyl sites for hydroxylation is 2. The first-order chi connectivity index (χ1) is 26.4. The van der Waals surface area contributed by atoms with Crippen LogP contribution in [-0.2, 0) is 0 Å². The van der Waals surface area contributed by atoms with Crippen LogP contribution in [0.4, 0.5) is 0 Å². The van der Waals surface area contributed by atoms with Crippen molar-refractivity contribution in [2.24, 2.45) is 0 Å². The fraction of sp³-hybridized carbons (Fsp3) is 0.0769. The van der Waals surface area contributed by atoms with Gasteiger partial charge >= 0.3 is 0 Å². The SMILES string of the molecule is Cc1c(C)n(-c2ccc3c(ccc4ccccc43)c2)c2c1cc1ccc3c4c(ccc2c14)cc1c(C)c(C)n(-c2ccc4c(ccc5ccccc54)c2)c13. The Kier molecular flexibility index (Phi) is 5.81. The summed E-state index contributed by atoms with van der Waals surface area (Å²) in [6, 6.07) is 54.8. The van der Waals surface area contributed by atoms with Crippen LogP contribution < -0.4 is 0 Å². The Hall–Kier alpha value is -6.64. The Bertz CT molecular complexity index is 3350. The molecule has 2 nitrogen and oxygen atoms in total. The van der Waals surface area contributed by atoms with Crippen LogP contribution in [0, 0.1) is 27.7 Å². The van der Waals surface area contributed by atoms with E-state index in [0.29, 0.717) is 0 Å². The third-order valence-corrected chi connectivity index (χ3v) is 12.8. The second kappa shape index (κ2) is 10.5. The van der Waals surface area contributed by atoms with Gasteiger partial charge in [-0.2, -0.15) is 0 Å². The molecule has 0 fully saturated rings. The van der Waals surface area contributed by atoms with Gasteiger partial charge in [0.15, 0.2) is 0 Å². The molecule has 0 aliphatic carbocycles. The molecule has 2 heteroatoms. The molecule has 0 amide bonds. The highest BCUT2D eigenvalue weighted by atomic mass is 15.0. The molecule has 10 aromatic carbocycles. The van der Waals surface area contributed by atoms with Crippen LogP contribution >= 0.6 is 0 Å². The van der Waals surface area contributed by atoms with E-state index in [1.165, 1.54) is 131 Å². The summed E-state index contributed by atoms with van der Waals surface area (Å²) in [6.45, 7) is 9.13. The minimum absolute atomic E-state index is 1.20. The van der Waals surface area contributed by atoms with Gasteiger partial charge in [0.05, 0.1) is 11.0 Å². The lowest BCUT2D eigenvalue weighted by molar-refractivity contribution is 1.05. The van der Waals surface area contributed by atoms with Crippen molar-refractivity contribution >= 4 is 97.2 Å². The zero-order valence-electron chi connectivity index (χ0n) is 30.8. The lowest BCUT2D eigenvalue weighted by Gasteiger charge is -2.17. The number of fused-ring (bicyclic) bond motifs is 10. The van der Waals surface area contributed by atoms with Gasteiger partial charge in [-0.05, 0) is 140 Å². The fourth-order valence-electron chi connectivity index (χ4n) is 9.96. The van der Waals surface area contributed by atoms with E-state index < -0.39 is 0 Å². The average Bonchev–Trinajstić information content (AvgIpc) is 3.62. The van der Waals surface area contributed by atoms with Gasteiger partial charge in [-0.25, -0.2) is 0 Å². The average molecular weight is 689 g/mol. The molecule has 0 saturated carbocycles. The van der Waals surface area contributed by atoms with Gasteiger partial charge < -0.3 is 9.13 Å². The predicted octanol–water partition coefficient (Wildman–Crippen LogP) is 14.3. The first-order valence-electron chi connectivity index (χ1n) is 19.0. The molecule has 0 atom stereocenters. The smallest absolute Gasteiger partial charge is 0.0613 e. The highest BCUT2D eigenvalue weighted by molar-refractivity contribution is 6.33. The van der Waals surface area contributed by atoms with E-state index in [1.807, 2.05) is 0 Å². The molecule has 2 heterocycles. The Balaban J connectivity index is 1.15. The minimum atomic E-state index is 1.20. The normalized spacial score (nSPS) is 12.4. The Morgan fingerprint density at radius 1 is 0.296 bits per heavy atom. The van der Waals surface area contributed by atoms with Crippen molar-refractivity contribution in [3.8, 4) is 11.4 Å². The molecular formula is C52H36N2. The molecule has 0 spiro atoms. The summed E-state index contributed by atoms with van der Waals surface area (Å²) in [6.07, 6.45) is 0. The van der Waals surface area contributed by atoms with Crippen molar-refractivity contribution in [1.29, 1.82) is 0 Å². The van der Waals surface area contributed by atoms with Gasteiger partial charge in [-0.15, -0.1) is 0 Å². The lowest BCUT2D eigenvalue weighted by Crippen LogP contribution is -1.99. The Morgan fingerprint density at radius 2 is 0.667 bits per heavy atom. The summed E-state index contributed by atoms with van der Waals surface area (Å²) < 4.78 is 5.02. The molecule has 0 saturated heterocycles. The van der Waals surface area contributed by atoms with Gasteiger partial charge in [-0.3, -0.25) is 0 Å². The third kappa shape index (κ3) is 3.80. The molecule has 0 aliphatic rings. The number of nitrogens with zero attached hydrogens (tertiary/aromatic N) is 2. The largest absolute Gasteiger partial charge is 0.313 e. The quantitative estimate of drug-likeness (QED) is 0.160. The number of hydrogen-bond donors (Lipinski definition) is 0. The van der Waals surface area contributed by atoms with Crippen LogP contribution in [0.15, 0.2) is 146 Å². The Labute approximate surface area is 312 Å². The summed E-state index contributed by atoms with van der Waals surface area (Å²) in [4.78, 5) is 0. The van der Waals surface area contributed by atoms with Crippen LogP contribution in [0.2, 0.25) is 0 Å². The molecule has 12 aromatic rings. The molecule has 0 radical (unpaired) electrons. The lowest BCUT2D eigenvalue weighted by atomic mass is 9.91. The number of hydrogen-bond acceptors (Lipinski definition) is 0. The zero-order chi connectivity index (χ0) is 36.0. The number of rotatable bonds is 2. The topological polar surface area (TPSA) is 9.86 Å². The van der Waals surface area contributed by atoms with Crippen molar-refractivity contribution in [2.75, 3.05) is 0 Å². The minimum Gasteiger partial charge on any atom is -0.313 e. The standard InChI is InChI=1S/C52H36N2/c1-29-31(3)53(39-19-23-43-35(25-39)15-13-33-9-5-7-11-41(33)43)51-45-21-18-38-28-48-30(2)32(4)54(52(48)46-22-17-37(27-47(29)51)49(45)50(38)46)40-20-24-44-36(26-40)16-14-34-10-6-8-12-42(34)44/h5-28H,1-4H3. The van der Waals surface area contributed by atoms with Crippen LogP contribution in [0.25, 0.3) is 109 Å². The van der Waals surface area contributed by atoms with Gasteiger partial charge in [-0.1, -0.05) is 109 Å². The molecule has 54 heavy (non-hydrogen) atoms. The second-order valence-electron chi connectivity index (χ2n) is 15.4. The first kappa shape index (κ1) is 29.9. The van der Waals surface area contributed by atoms with E-state index >= 15 is 0 Å². The predicted molar refractivity (Wildman–Crippen MR) is 233 cm³/mol. The zero-order valence-corrected chi connectivity index (χ0v) is 30.8. The maximum Gasteiger partial charge on any atom is 0.0613 e. The molecule has 2 aromatic heterocycles. The van der Waals surface area contributed by atoms with E-state index in [2.05, 4.69) is 182 Å². The van der Waals surface area contributed by atoms with Crippen molar-refractivity contribution in [3.05, 3.63) is 168 Å². The molecule has 254 valence electrons. The maximum atomic E-state index is 2.51. The monoisotopic (exact) mass is 688 g/mol. The van der Waals surface area contributed by atoms with E-state index in [-0.39, 0.29) is 0 Å². The van der Waals surface area contributed by atoms with Crippen LogP contribution in [0.3, 0.4) is 0 Å². The summed E-state index contributed by atoms with van der Waals surface area (Å²) in [5.41, 5.74) is 10.2. The maximum absolute atomic E-state index is 2.51. The highest BCUT2D eigenvalue weighted by Crippen LogP contribution is 2.46. The van der Waals surface area contributed by atoms with Crippen molar-refractivity contribution in [2.45, 2.75) is 27.7 Å². The fourth-order valence-corrected chi connectivity index (χ4v) is 9.96. The molecular weight excluding hydrogens is 653 g/mol. The van der Waals surface area contributed by atoms with E-state index in [9.17, 15) is 0 Å². The summed E-state index contributed by atoms with van der Waals surface area (Å²) in [7, 11) is 0. The second-order valence-corrected chi connectivity index (χ2v) is 15.4. The van der Waals surface area contributed by atoms with Crippen molar-refractivity contribution in [1.82, 2.24) is 9.13 Å². The van der Waals surface area contributed by atoms with Crippen LogP contribution in [0.5, 0.6) is 0 Å². The van der Waals surface area contributed by atoms with E-state index in [0.717, 1.165) is 0 Å². The number of aromatic nitrogens is 2. The first-order valence-corrected chi connectivity index (χ1v) is 19.0. The summed E-state index contributed by atoms with van der Waals surface area (Å²) >= 11 is 0. The number of benzene rings is 10. The highest BCUT2D eigenvalue weighted by Gasteiger charge is 2.23. The van der Waals surface area contributed by atoms with E-state index in [1.54, 1.807) is 0 Å². The van der Waals surface area contributed by atoms with E-state index in [4.69, 9.17) is 0 Å². The summed E-state index contributed by atoms with van der Waals surface area (Å²) in [5, 5.41) is 20.8. The molecule has 12 rings (SSSR count). The third-order valence-electron chi connectivity index (χ3n) is 12.8. The molecule has 0 bridgehead atoms. The van der Waals surface area contributed by atoms with Gasteiger partial charge in [0.25, 0.3) is 0 Å². The van der Waals surface area contributed by atoms with Crippen molar-refractivity contribution < 1.29 is 0 Å². The molecule has 0 unspecified atom stereocenters. The van der Waals surface area contributed by atoms with Crippen LogP contribution in [-0.4, -0.2) is 9.13 Å². The van der Waals surface area contributed by atoms with Crippen LogP contribution in [0.1, 0.15) is 22.5 Å². The van der Waals surface area contributed by atoms with Gasteiger partial charge in [0.1, 0.15) is 0 Å². The molecule has 0 aliphatic heterocycles. The van der Waals surface area contributed by atoms with Gasteiger partial charge in [0.2, 0.25) is 0 Å². The molecule has 0 N–H and O–H groups in total.